The van der Waals surface area contributed by atoms with Gasteiger partial charge in [-0.15, -0.1) is 0 Å². The lowest BCUT2D eigenvalue weighted by molar-refractivity contribution is 1.03. The van der Waals surface area contributed by atoms with Crippen LogP contribution in [0.3, 0.4) is 0 Å². The minimum absolute atomic E-state index is 0.740. The highest BCUT2D eigenvalue weighted by Gasteiger charge is 2.14. The number of hydrogen-bond donors (Lipinski definition) is 1. The second-order valence-electron chi connectivity index (χ2n) is 6.98. The molecule has 138 valence electrons. The molecule has 1 aromatic heterocycles. The van der Waals surface area contributed by atoms with Gasteiger partial charge in [0.2, 0.25) is 0 Å². The molecule has 0 atom stereocenters. The molecule has 4 rings (SSSR count). The average Bonchev–Trinajstić information content (AvgIpc) is 2.73. The maximum absolute atomic E-state index is 4.90. The Labute approximate surface area is 166 Å². The monoisotopic (exact) mass is 365 g/mol. The predicted octanol–water partition coefficient (Wildman–Crippen LogP) is 6.09. The SMILES string of the molecule is Cc1ccc(Nc2nc(-c3ccccc3)nc(C)c2Cc2ccccc2)cc1. The van der Waals surface area contributed by atoms with Gasteiger partial charge < -0.3 is 5.32 Å². The lowest BCUT2D eigenvalue weighted by Crippen LogP contribution is -2.06. The van der Waals surface area contributed by atoms with Crippen molar-refractivity contribution in [3.8, 4) is 11.4 Å². The number of aryl methyl sites for hydroxylation is 2. The Morgan fingerprint density at radius 1 is 0.714 bits per heavy atom. The van der Waals surface area contributed by atoms with Crippen LogP contribution in [-0.2, 0) is 6.42 Å². The Morgan fingerprint density at radius 3 is 2.04 bits per heavy atom. The third-order valence-corrected chi connectivity index (χ3v) is 4.78. The van der Waals surface area contributed by atoms with E-state index in [0.29, 0.717) is 0 Å². The molecule has 0 fully saturated rings. The zero-order valence-corrected chi connectivity index (χ0v) is 16.2. The van der Waals surface area contributed by atoms with E-state index < -0.39 is 0 Å². The number of aromatic nitrogens is 2. The summed E-state index contributed by atoms with van der Waals surface area (Å²) in [6, 6.07) is 28.9. The number of nitrogens with zero attached hydrogens (tertiary/aromatic N) is 2. The third kappa shape index (κ3) is 4.09. The highest BCUT2D eigenvalue weighted by molar-refractivity contribution is 5.65. The van der Waals surface area contributed by atoms with E-state index in [2.05, 4.69) is 67.7 Å². The number of hydrogen-bond acceptors (Lipinski definition) is 3. The lowest BCUT2D eigenvalue weighted by Gasteiger charge is -2.15. The Balaban J connectivity index is 1.78. The maximum Gasteiger partial charge on any atom is 0.161 e. The molecule has 0 aliphatic carbocycles. The summed E-state index contributed by atoms with van der Waals surface area (Å²) in [5.74, 6) is 1.60. The Hall–Kier alpha value is -3.46. The molecule has 0 aliphatic rings. The molecule has 28 heavy (non-hydrogen) atoms. The molecule has 3 aromatic carbocycles. The van der Waals surface area contributed by atoms with E-state index >= 15 is 0 Å². The Bertz CT molecular complexity index is 1060. The Morgan fingerprint density at radius 2 is 1.36 bits per heavy atom. The van der Waals surface area contributed by atoms with Crippen LogP contribution in [0, 0.1) is 13.8 Å². The smallest absolute Gasteiger partial charge is 0.161 e. The summed E-state index contributed by atoms with van der Waals surface area (Å²) >= 11 is 0. The number of nitrogens with one attached hydrogen (secondary N) is 1. The van der Waals surface area contributed by atoms with Crippen LogP contribution in [0.25, 0.3) is 11.4 Å². The quantitative estimate of drug-likeness (QED) is 0.465. The molecule has 0 saturated carbocycles. The topological polar surface area (TPSA) is 37.8 Å². The zero-order valence-electron chi connectivity index (χ0n) is 16.2. The van der Waals surface area contributed by atoms with Crippen LogP contribution < -0.4 is 5.32 Å². The van der Waals surface area contributed by atoms with Crippen molar-refractivity contribution >= 4 is 11.5 Å². The van der Waals surface area contributed by atoms with Crippen molar-refractivity contribution in [3.63, 3.8) is 0 Å². The molecule has 3 heteroatoms. The summed E-state index contributed by atoms with van der Waals surface area (Å²) in [5, 5.41) is 3.52. The maximum atomic E-state index is 4.90. The van der Waals surface area contributed by atoms with Crippen LogP contribution in [0.2, 0.25) is 0 Å². The van der Waals surface area contributed by atoms with Crippen molar-refractivity contribution < 1.29 is 0 Å². The fourth-order valence-electron chi connectivity index (χ4n) is 3.20. The minimum Gasteiger partial charge on any atom is -0.340 e. The second kappa shape index (κ2) is 8.05. The van der Waals surface area contributed by atoms with Crippen molar-refractivity contribution in [2.24, 2.45) is 0 Å². The van der Waals surface area contributed by atoms with E-state index in [-0.39, 0.29) is 0 Å². The van der Waals surface area contributed by atoms with Gasteiger partial charge in [-0.3, -0.25) is 0 Å². The van der Waals surface area contributed by atoms with Crippen LogP contribution in [-0.4, -0.2) is 9.97 Å². The van der Waals surface area contributed by atoms with Gasteiger partial charge >= 0.3 is 0 Å². The van der Waals surface area contributed by atoms with Gasteiger partial charge in [0.1, 0.15) is 5.82 Å². The summed E-state index contributed by atoms with van der Waals surface area (Å²) in [5.41, 5.74) is 6.63. The molecule has 1 N–H and O–H groups in total. The minimum atomic E-state index is 0.740. The second-order valence-corrected chi connectivity index (χ2v) is 6.98. The largest absolute Gasteiger partial charge is 0.340 e. The van der Waals surface area contributed by atoms with Crippen LogP contribution in [0.15, 0.2) is 84.9 Å². The summed E-state index contributed by atoms with van der Waals surface area (Å²) in [4.78, 5) is 9.70. The fraction of sp³-hybridized carbons (Fsp3) is 0.120. The molecule has 4 aromatic rings. The first-order valence-corrected chi connectivity index (χ1v) is 9.49. The van der Waals surface area contributed by atoms with E-state index in [1.807, 2.05) is 36.4 Å². The molecule has 0 radical (unpaired) electrons. The van der Waals surface area contributed by atoms with Crippen molar-refractivity contribution in [3.05, 3.63) is 107 Å². The molecule has 0 aliphatic heterocycles. The molecule has 0 bridgehead atoms. The van der Waals surface area contributed by atoms with E-state index in [4.69, 9.17) is 9.97 Å². The normalized spacial score (nSPS) is 10.6. The third-order valence-electron chi connectivity index (χ3n) is 4.78. The van der Waals surface area contributed by atoms with Crippen molar-refractivity contribution in [2.45, 2.75) is 20.3 Å². The molecule has 0 amide bonds. The fourth-order valence-corrected chi connectivity index (χ4v) is 3.20. The molecule has 0 spiro atoms. The number of anilines is 2. The molecular weight excluding hydrogens is 342 g/mol. The number of rotatable bonds is 5. The summed E-state index contributed by atoms with van der Waals surface area (Å²) in [6.07, 6.45) is 0.788. The molecular formula is C25H23N3. The standard InChI is InChI=1S/C25H23N3/c1-18-13-15-22(16-14-18)27-25-23(17-20-9-5-3-6-10-20)19(2)26-24(28-25)21-11-7-4-8-12-21/h3-16H,17H2,1-2H3,(H,26,27,28). The molecule has 0 unspecified atom stereocenters. The van der Waals surface area contributed by atoms with Gasteiger partial charge in [-0.2, -0.15) is 0 Å². The zero-order chi connectivity index (χ0) is 19.3. The first kappa shape index (κ1) is 17.9. The van der Waals surface area contributed by atoms with Crippen molar-refractivity contribution in [2.75, 3.05) is 5.32 Å². The van der Waals surface area contributed by atoms with Crippen LogP contribution in [0.5, 0.6) is 0 Å². The van der Waals surface area contributed by atoms with Gasteiger partial charge in [0.05, 0.1) is 0 Å². The highest BCUT2D eigenvalue weighted by atomic mass is 15.0. The van der Waals surface area contributed by atoms with Crippen LogP contribution in [0.1, 0.15) is 22.4 Å². The molecule has 1 heterocycles. The van der Waals surface area contributed by atoms with Gasteiger partial charge in [0, 0.05) is 28.9 Å². The van der Waals surface area contributed by atoms with E-state index in [9.17, 15) is 0 Å². The van der Waals surface area contributed by atoms with E-state index in [0.717, 1.165) is 40.6 Å². The molecule has 0 saturated heterocycles. The van der Waals surface area contributed by atoms with Crippen molar-refractivity contribution in [1.29, 1.82) is 0 Å². The first-order chi connectivity index (χ1) is 13.7. The summed E-state index contributed by atoms with van der Waals surface area (Å²) in [6.45, 7) is 4.15. The lowest BCUT2D eigenvalue weighted by atomic mass is 10.0. The van der Waals surface area contributed by atoms with Gasteiger partial charge in [-0.05, 0) is 31.5 Å². The Kier molecular flexibility index (Phi) is 5.16. The van der Waals surface area contributed by atoms with E-state index in [1.165, 1.54) is 11.1 Å². The summed E-state index contributed by atoms with van der Waals surface area (Å²) < 4.78 is 0. The highest BCUT2D eigenvalue weighted by Crippen LogP contribution is 2.27. The van der Waals surface area contributed by atoms with Crippen LogP contribution >= 0.6 is 0 Å². The van der Waals surface area contributed by atoms with Crippen molar-refractivity contribution in [1.82, 2.24) is 9.97 Å². The van der Waals surface area contributed by atoms with Gasteiger partial charge in [-0.1, -0.05) is 78.4 Å². The molecule has 3 nitrogen and oxygen atoms in total. The van der Waals surface area contributed by atoms with Gasteiger partial charge in [-0.25, -0.2) is 9.97 Å². The first-order valence-electron chi connectivity index (χ1n) is 9.49. The number of benzene rings is 3. The summed E-state index contributed by atoms with van der Waals surface area (Å²) in [7, 11) is 0. The van der Waals surface area contributed by atoms with E-state index in [1.54, 1.807) is 0 Å². The predicted molar refractivity (Wildman–Crippen MR) is 116 cm³/mol. The van der Waals surface area contributed by atoms with Gasteiger partial charge in [0.15, 0.2) is 5.82 Å². The van der Waals surface area contributed by atoms with Gasteiger partial charge in [0.25, 0.3) is 0 Å². The van der Waals surface area contributed by atoms with Crippen LogP contribution in [0.4, 0.5) is 11.5 Å². The average molecular weight is 365 g/mol.